The van der Waals surface area contributed by atoms with Crippen LogP contribution in [0, 0.1) is 5.92 Å². The smallest absolute Gasteiger partial charge is 0.434 e. The van der Waals surface area contributed by atoms with Gasteiger partial charge in [0, 0.05) is 5.02 Å². The molecule has 0 amide bonds. The Morgan fingerprint density at radius 2 is 2.06 bits per heavy atom. The van der Waals surface area contributed by atoms with Crippen LogP contribution in [0.15, 0.2) is 12.1 Å². The summed E-state index contributed by atoms with van der Waals surface area (Å²) in [7, 11) is 0. The zero-order chi connectivity index (χ0) is 13.7. The largest absolute Gasteiger partial charge is 0.513 e. The second-order valence-electron chi connectivity index (χ2n) is 3.98. The minimum absolute atomic E-state index is 0.0511. The predicted molar refractivity (Wildman–Crippen MR) is 68.7 cm³/mol. The minimum Gasteiger partial charge on any atom is -0.434 e. The molecule has 0 atom stereocenters. The summed E-state index contributed by atoms with van der Waals surface area (Å²) >= 11 is 11.6. The highest BCUT2D eigenvalue weighted by atomic mass is 35.5. The van der Waals surface area contributed by atoms with Crippen LogP contribution in [-0.4, -0.2) is 19.0 Å². The van der Waals surface area contributed by atoms with Crippen molar-refractivity contribution < 1.29 is 19.1 Å². The summed E-state index contributed by atoms with van der Waals surface area (Å²) in [5.41, 5.74) is 0.0917. The van der Waals surface area contributed by atoms with Gasteiger partial charge in [0.05, 0.1) is 17.2 Å². The van der Waals surface area contributed by atoms with Gasteiger partial charge >= 0.3 is 6.16 Å². The van der Waals surface area contributed by atoms with Crippen LogP contribution < -0.4 is 4.74 Å². The van der Waals surface area contributed by atoms with Gasteiger partial charge in [-0.3, -0.25) is 4.79 Å². The zero-order valence-corrected chi connectivity index (χ0v) is 11.4. The van der Waals surface area contributed by atoms with Crippen molar-refractivity contribution in [1.29, 1.82) is 0 Å². The first kappa shape index (κ1) is 14.8. The maximum Gasteiger partial charge on any atom is 0.513 e. The summed E-state index contributed by atoms with van der Waals surface area (Å²) in [5, 5.41) is 0.357. The van der Waals surface area contributed by atoms with E-state index >= 15 is 0 Å². The summed E-state index contributed by atoms with van der Waals surface area (Å²) in [6.07, 6.45) is -0.404. The Morgan fingerprint density at radius 3 is 2.61 bits per heavy atom. The van der Waals surface area contributed by atoms with Crippen LogP contribution in [0.4, 0.5) is 4.79 Å². The molecule has 4 nitrogen and oxygen atoms in total. The Hall–Kier alpha value is -1.26. The van der Waals surface area contributed by atoms with Crippen LogP contribution in [0.5, 0.6) is 5.75 Å². The van der Waals surface area contributed by atoms with E-state index in [0.717, 1.165) is 0 Å². The number of carbonyl (C=O) groups excluding carboxylic acids is 2. The molecule has 0 aliphatic rings. The van der Waals surface area contributed by atoms with E-state index in [-0.39, 0.29) is 33.9 Å². The average Bonchev–Trinajstić information content (AvgIpc) is 2.29. The molecule has 0 heterocycles. The summed E-state index contributed by atoms with van der Waals surface area (Å²) < 4.78 is 9.71. The molecule has 0 spiro atoms. The van der Waals surface area contributed by atoms with Gasteiger partial charge in [0.2, 0.25) is 0 Å². The molecule has 18 heavy (non-hydrogen) atoms. The molecule has 6 heteroatoms. The highest BCUT2D eigenvalue weighted by Gasteiger charge is 2.15. The van der Waals surface area contributed by atoms with Gasteiger partial charge in [-0.1, -0.05) is 37.0 Å². The van der Waals surface area contributed by atoms with Gasteiger partial charge in [-0.15, -0.1) is 0 Å². The lowest BCUT2D eigenvalue weighted by atomic mass is 10.2. The van der Waals surface area contributed by atoms with Crippen molar-refractivity contribution in [2.45, 2.75) is 13.8 Å². The summed E-state index contributed by atoms with van der Waals surface area (Å²) in [6, 6.07) is 2.73. The molecule has 1 aromatic rings. The molecule has 0 N–H and O–H groups in total. The third kappa shape index (κ3) is 4.20. The Balaban J connectivity index is 2.83. The van der Waals surface area contributed by atoms with Crippen LogP contribution >= 0.6 is 23.2 Å². The minimum atomic E-state index is -0.906. The van der Waals surface area contributed by atoms with Gasteiger partial charge < -0.3 is 9.47 Å². The van der Waals surface area contributed by atoms with Gasteiger partial charge in [0.15, 0.2) is 12.0 Å². The number of halogens is 2. The summed E-state index contributed by atoms with van der Waals surface area (Å²) in [5.74, 6) is 0.133. The van der Waals surface area contributed by atoms with Crippen LogP contribution in [-0.2, 0) is 4.74 Å². The Morgan fingerprint density at radius 1 is 1.39 bits per heavy atom. The van der Waals surface area contributed by atoms with E-state index in [0.29, 0.717) is 6.29 Å². The van der Waals surface area contributed by atoms with Crippen LogP contribution in [0.3, 0.4) is 0 Å². The van der Waals surface area contributed by atoms with E-state index in [4.69, 9.17) is 32.7 Å². The quantitative estimate of drug-likeness (QED) is 0.478. The summed E-state index contributed by atoms with van der Waals surface area (Å²) in [4.78, 5) is 22.2. The SMILES string of the molecule is CC(C)COC(=O)Oc1c(Cl)cc(Cl)cc1C=O. The molecule has 0 saturated heterocycles. The van der Waals surface area contributed by atoms with E-state index in [1.165, 1.54) is 12.1 Å². The lowest BCUT2D eigenvalue weighted by molar-refractivity contribution is 0.0881. The average molecular weight is 291 g/mol. The second-order valence-corrected chi connectivity index (χ2v) is 4.82. The molecular weight excluding hydrogens is 279 g/mol. The molecule has 0 fully saturated rings. The lowest BCUT2D eigenvalue weighted by Crippen LogP contribution is -2.15. The maximum absolute atomic E-state index is 11.4. The van der Waals surface area contributed by atoms with E-state index in [1.807, 2.05) is 13.8 Å². The van der Waals surface area contributed by atoms with Crippen molar-refractivity contribution >= 4 is 35.6 Å². The van der Waals surface area contributed by atoms with Crippen molar-refractivity contribution in [3.05, 3.63) is 27.7 Å². The predicted octanol–water partition coefficient (Wildman–Crippen LogP) is 3.98. The lowest BCUT2D eigenvalue weighted by Gasteiger charge is -2.10. The topological polar surface area (TPSA) is 52.6 Å². The van der Waals surface area contributed by atoms with Gasteiger partial charge in [0.1, 0.15) is 0 Å². The molecule has 1 aromatic carbocycles. The van der Waals surface area contributed by atoms with Crippen molar-refractivity contribution in [1.82, 2.24) is 0 Å². The normalized spacial score (nSPS) is 10.3. The molecule has 1 rings (SSSR count). The highest BCUT2D eigenvalue weighted by molar-refractivity contribution is 6.36. The fraction of sp³-hybridized carbons (Fsp3) is 0.333. The van der Waals surface area contributed by atoms with Crippen molar-refractivity contribution in [3.63, 3.8) is 0 Å². The van der Waals surface area contributed by atoms with E-state index in [9.17, 15) is 9.59 Å². The molecule has 0 unspecified atom stereocenters. The van der Waals surface area contributed by atoms with E-state index in [1.54, 1.807) is 0 Å². The second kappa shape index (κ2) is 6.61. The first-order valence-electron chi connectivity index (χ1n) is 5.23. The maximum atomic E-state index is 11.4. The van der Waals surface area contributed by atoms with Gasteiger partial charge in [0.25, 0.3) is 0 Å². The fourth-order valence-corrected chi connectivity index (χ4v) is 1.67. The number of rotatable bonds is 4. The van der Waals surface area contributed by atoms with Crippen LogP contribution in [0.2, 0.25) is 10.0 Å². The number of hydrogen-bond donors (Lipinski definition) is 0. The summed E-state index contributed by atoms with van der Waals surface area (Å²) in [6.45, 7) is 4.00. The number of hydrogen-bond acceptors (Lipinski definition) is 4. The van der Waals surface area contributed by atoms with Crippen LogP contribution in [0.25, 0.3) is 0 Å². The third-order valence-corrected chi connectivity index (χ3v) is 2.38. The first-order chi connectivity index (χ1) is 8.43. The van der Waals surface area contributed by atoms with Crippen molar-refractivity contribution in [3.8, 4) is 5.75 Å². The third-order valence-electron chi connectivity index (χ3n) is 1.88. The molecule has 0 aromatic heterocycles. The molecular formula is C12H12Cl2O4. The molecule has 0 saturated carbocycles. The van der Waals surface area contributed by atoms with Gasteiger partial charge in [-0.05, 0) is 18.1 Å². The van der Waals surface area contributed by atoms with Crippen molar-refractivity contribution in [2.75, 3.05) is 6.61 Å². The Labute approximate surface area is 115 Å². The first-order valence-corrected chi connectivity index (χ1v) is 5.98. The molecule has 98 valence electrons. The standard InChI is InChI=1S/C12H12Cl2O4/c1-7(2)6-17-12(16)18-11-8(5-15)3-9(13)4-10(11)14/h3-5,7H,6H2,1-2H3. The van der Waals surface area contributed by atoms with Crippen molar-refractivity contribution in [2.24, 2.45) is 5.92 Å². The fourth-order valence-electron chi connectivity index (χ4n) is 1.12. The van der Waals surface area contributed by atoms with Crippen LogP contribution in [0.1, 0.15) is 24.2 Å². The number of benzene rings is 1. The van der Waals surface area contributed by atoms with E-state index < -0.39 is 6.16 Å². The molecule has 0 radical (unpaired) electrons. The number of aldehydes is 1. The van der Waals surface area contributed by atoms with Gasteiger partial charge in [-0.25, -0.2) is 4.79 Å². The molecule has 0 aliphatic carbocycles. The highest BCUT2D eigenvalue weighted by Crippen LogP contribution is 2.31. The Kier molecular flexibility index (Phi) is 5.44. The van der Waals surface area contributed by atoms with Gasteiger partial charge in [-0.2, -0.15) is 0 Å². The monoisotopic (exact) mass is 290 g/mol. The number of ether oxygens (including phenoxy) is 2. The van der Waals surface area contributed by atoms with E-state index in [2.05, 4.69) is 0 Å². The Bertz CT molecular complexity index is 458. The molecule has 0 aliphatic heterocycles. The zero-order valence-electron chi connectivity index (χ0n) is 9.91. The number of carbonyl (C=O) groups is 2. The molecule has 0 bridgehead atoms.